The molecule has 0 aliphatic rings. The zero-order valence-corrected chi connectivity index (χ0v) is 12.8. The molecule has 2 heteroatoms. The van der Waals surface area contributed by atoms with Gasteiger partial charge in [0.05, 0.1) is 6.61 Å². The highest BCUT2D eigenvalue weighted by molar-refractivity contribution is 5.83. The van der Waals surface area contributed by atoms with Crippen LogP contribution >= 0.6 is 0 Å². The van der Waals surface area contributed by atoms with Gasteiger partial charge in [-0.25, -0.2) is 9.78 Å². The zero-order chi connectivity index (χ0) is 14.6. The SMILES string of the molecule is CCOOC(c1ccc2ccccc2c1)C(C)(C)CC. The van der Waals surface area contributed by atoms with Crippen LogP contribution in [0.2, 0.25) is 0 Å². The smallest absolute Gasteiger partial charge is 0.123 e. The number of fused-ring (bicyclic) bond motifs is 1. The summed E-state index contributed by atoms with van der Waals surface area (Å²) in [6, 6.07) is 14.9. The molecule has 1 atom stereocenters. The maximum absolute atomic E-state index is 5.68. The van der Waals surface area contributed by atoms with E-state index in [1.54, 1.807) is 0 Å². The van der Waals surface area contributed by atoms with Crippen molar-refractivity contribution in [2.24, 2.45) is 5.41 Å². The summed E-state index contributed by atoms with van der Waals surface area (Å²) < 4.78 is 0. The van der Waals surface area contributed by atoms with Gasteiger partial charge in [0, 0.05) is 0 Å². The number of hydrogen-bond donors (Lipinski definition) is 0. The third-order valence-corrected chi connectivity index (χ3v) is 3.98. The summed E-state index contributed by atoms with van der Waals surface area (Å²) in [7, 11) is 0. The van der Waals surface area contributed by atoms with Crippen LogP contribution in [-0.4, -0.2) is 6.61 Å². The summed E-state index contributed by atoms with van der Waals surface area (Å²) >= 11 is 0. The van der Waals surface area contributed by atoms with Crippen molar-refractivity contribution < 1.29 is 9.78 Å². The van der Waals surface area contributed by atoms with Gasteiger partial charge in [0.1, 0.15) is 6.10 Å². The average molecular weight is 272 g/mol. The zero-order valence-electron chi connectivity index (χ0n) is 12.8. The molecule has 0 saturated heterocycles. The molecule has 20 heavy (non-hydrogen) atoms. The molecule has 0 bridgehead atoms. The summed E-state index contributed by atoms with van der Waals surface area (Å²) in [6.07, 6.45) is 0.967. The number of benzene rings is 2. The molecule has 108 valence electrons. The van der Waals surface area contributed by atoms with Crippen molar-refractivity contribution in [3.05, 3.63) is 48.0 Å². The maximum atomic E-state index is 5.68. The van der Waals surface area contributed by atoms with Gasteiger partial charge in [-0.1, -0.05) is 57.2 Å². The summed E-state index contributed by atoms with van der Waals surface area (Å²) in [4.78, 5) is 10.9. The van der Waals surface area contributed by atoms with Crippen LogP contribution in [0.25, 0.3) is 10.8 Å². The van der Waals surface area contributed by atoms with Crippen LogP contribution < -0.4 is 0 Å². The molecule has 0 saturated carbocycles. The highest BCUT2D eigenvalue weighted by Crippen LogP contribution is 2.40. The molecule has 0 amide bonds. The Bertz CT molecular complexity index is 560. The summed E-state index contributed by atoms with van der Waals surface area (Å²) in [5.41, 5.74) is 1.20. The molecule has 0 aliphatic carbocycles. The molecule has 2 aromatic carbocycles. The Hall–Kier alpha value is -1.38. The topological polar surface area (TPSA) is 18.5 Å². The van der Waals surface area contributed by atoms with Gasteiger partial charge in [-0.15, -0.1) is 0 Å². The van der Waals surface area contributed by atoms with E-state index in [0.29, 0.717) is 6.61 Å². The molecule has 1 unspecified atom stereocenters. The van der Waals surface area contributed by atoms with Gasteiger partial charge in [-0.2, -0.15) is 0 Å². The van der Waals surface area contributed by atoms with E-state index >= 15 is 0 Å². The largest absolute Gasteiger partial charge is 0.236 e. The van der Waals surface area contributed by atoms with E-state index in [-0.39, 0.29) is 11.5 Å². The van der Waals surface area contributed by atoms with Gasteiger partial charge in [-0.3, -0.25) is 0 Å². The molecule has 0 radical (unpaired) electrons. The van der Waals surface area contributed by atoms with Crippen molar-refractivity contribution in [2.45, 2.75) is 40.2 Å². The van der Waals surface area contributed by atoms with Crippen LogP contribution in [-0.2, 0) is 9.78 Å². The van der Waals surface area contributed by atoms with Gasteiger partial charge >= 0.3 is 0 Å². The van der Waals surface area contributed by atoms with Gasteiger partial charge < -0.3 is 0 Å². The Labute approximate surface area is 121 Å². The van der Waals surface area contributed by atoms with Crippen LogP contribution in [0.1, 0.15) is 45.8 Å². The van der Waals surface area contributed by atoms with E-state index in [1.807, 2.05) is 6.92 Å². The minimum Gasteiger partial charge on any atom is -0.236 e. The predicted molar refractivity (Wildman–Crippen MR) is 83.5 cm³/mol. The van der Waals surface area contributed by atoms with Crippen LogP contribution in [0, 0.1) is 5.41 Å². The molecular formula is C18H24O2. The Morgan fingerprint density at radius 1 is 1.00 bits per heavy atom. The molecule has 0 N–H and O–H groups in total. The fourth-order valence-corrected chi connectivity index (χ4v) is 2.33. The lowest BCUT2D eigenvalue weighted by Gasteiger charge is -2.32. The van der Waals surface area contributed by atoms with Crippen LogP contribution in [0.3, 0.4) is 0 Å². The minimum absolute atomic E-state index is 0.0254. The van der Waals surface area contributed by atoms with E-state index in [4.69, 9.17) is 9.78 Å². The maximum Gasteiger partial charge on any atom is 0.123 e. The lowest BCUT2D eigenvalue weighted by atomic mass is 9.80. The highest BCUT2D eigenvalue weighted by Gasteiger charge is 2.31. The molecule has 0 spiro atoms. The number of hydrogen-bond acceptors (Lipinski definition) is 2. The lowest BCUT2D eigenvalue weighted by Crippen LogP contribution is -2.24. The Morgan fingerprint density at radius 3 is 2.35 bits per heavy atom. The third-order valence-electron chi connectivity index (χ3n) is 3.98. The van der Waals surface area contributed by atoms with E-state index in [0.717, 1.165) is 6.42 Å². The molecule has 0 aromatic heterocycles. The van der Waals surface area contributed by atoms with Gasteiger partial charge in [0.15, 0.2) is 0 Å². The molecule has 2 aromatic rings. The molecule has 2 nitrogen and oxygen atoms in total. The molecule has 0 aliphatic heterocycles. The summed E-state index contributed by atoms with van der Waals surface area (Å²) in [5.74, 6) is 0. The first kappa shape index (κ1) is 15.0. The monoisotopic (exact) mass is 272 g/mol. The fourth-order valence-electron chi connectivity index (χ4n) is 2.33. The van der Waals surface area contributed by atoms with Gasteiger partial charge in [0.2, 0.25) is 0 Å². The second kappa shape index (κ2) is 6.38. The first-order valence-corrected chi connectivity index (χ1v) is 7.35. The van der Waals surface area contributed by atoms with Gasteiger partial charge in [-0.05, 0) is 41.2 Å². The van der Waals surface area contributed by atoms with Crippen LogP contribution in [0.5, 0.6) is 0 Å². The van der Waals surface area contributed by atoms with E-state index in [2.05, 4.69) is 63.2 Å². The second-order valence-electron chi connectivity index (χ2n) is 5.83. The van der Waals surface area contributed by atoms with E-state index in [9.17, 15) is 0 Å². The highest BCUT2D eigenvalue weighted by atomic mass is 17.2. The second-order valence-corrected chi connectivity index (χ2v) is 5.83. The fraction of sp³-hybridized carbons (Fsp3) is 0.444. The van der Waals surface area contributed by atoms with Crippen molar-refractivity contribution in [1.29, 1.82) is 0 Å². The van der Waals surface area contributed by atoms with Crippen molar-refractivity contribution in [2.75, 3.05) is 6.61 Å². The summed E-state index contributed by atoms with van der Waals surface area (Å²) in [5, 5.41) is 2.49. The first-order valence-electron chi connectivity index (χ1n) is 7.35. The van der Waals surface area contributed by atoms with Gasteiger partial charge in [0.25, 0.3) is 0 Å². The summed E-state index contributed by atoms with van der Waals surface area (Å²) in [6.45, 7) is 9.11. The van der Waals surface area contributed by atoms with Crippen molar-refractivity contribution in [1.82, 2.24) is 0 Å². The Morgan fingerprint density at radius 2 is 1.70 bits per heavy atom. The Balaban J connectivity index is 2.39. The first-order chi connectivity index (χ1) is 9.58. The quantitative estimate of drug-likeness (QED) is 0.526. The average Bonchev–Trinajstić information content (AvgIpc) is 2.47. The van der Waals surface area contributed by atoms with E-state index < -0.39 is 0 Å². The normalized spacial score (nSPS) is 13.6. The third kappa shape index (κ3) is 3.20. The molecule has 0 heterocycles. The Kier molecular flexibility index (Phi) is 4.79. The van der Waals surface area contributed by atoms with Crippen LogP contribution in [0.15, 0.2) is 42.5 Å². The predicted octanol–water partition coefficient (Wildman–Crippen LogP) is 5.29. The van der Waals surface area contributed by atoms with Crippen molar-refractivity contribution in [3.8, 4) is 0 Å². The standard InChI is InChI=1S/C18H24O2/c1-5-18(3,4)17(20-19-6-2)16-12-11-14-9-7-8-10-15(14)13-16/h7-13,17H,5-6H2,1-4H3. The minimum atomic E-state index is -0.0583. The van der Waals surface area contributed by atoms with Crippen LogP contribution in [0.4, 0.5) is 0 Å². The molecule has 2 rings (SSSR count). The lowest BCUT2D eigenvalue weighted by molar-refractivity contribution is -0.343. The molecule has 0 fully saturated rings. The number of rotatable bonds is 6. The van der Waals surface area contributed by atoms with Crippen molar-refractivity contribution >= 4 is 10.8 Å². The van der Waals surface area contributed by atoms with E-state index in [1.165, 1.54) is 16.3 Å². The molecular weight excluding hydrogens is 248 g/mol. The van der Waals surface area contributed by atoms with Crippen molar-refractivity contribution in [3.63, 3.8) is 0 Å².